The highest BCUT2D eigenvalue weighted by molar-refractivity contribution is 6.67. The van der Waals surface area contributed by atoms with Gasteiger partial charge in [-0.2, -0.15) is 0 Å². The van der Waals surface area contributed by atoms with Gasteiger partial charge in [0.1, 0.15) is 5.67 Å². The normalized spacial score (nSPS) is 14.1. The van der Waals surface area contributed by atoms with Gasteiger partial charge < -0.3 is 19.0 Å². The molecule has 0 aromatic heterocycles. The van der Waals surface area contributed by atoms with E-state index in [1.54, 1.807) is 13.8 Å². The monoisotopic (exact) mass is 306 g/mol. The first-order valence-electron chi connectivity index (χ1n) is 6.23. The molecule has 116 valence electrons. The van der Waals surface area contributed by atoms with Gasteiger partial charge in [-0.3, -0.25) is 19.7 Å². The average Bonchev–Trinajstić information content (AvgIpc) is 2.21. The van der Waals surface area contributed by atoms with Crippen LogP contribution in [0.3, 0.4) is 0 Å². The molecule has 0 amide bonds. The lowest BCUT2D eigenvalue weighted by Crippen LogP contribution is -2.65. The zero-order valence-electron chi connectivity index (χ0n) is 12.4. The lowest BCUT2D eigenvalue weighted by molar-refractivity contribution is -0.148. The van der Waals surface area contributed by atoms with E-state index in [1.807, 2.05) is 0 Å². The molecule has 0 aromatic carbocycles. The maximum absolute atomic E-state index is 11.3. The van der Waals surface area contributed by atoms with Gasteiger partial charge in [0.15, 0.2) is 0 Å². The maximum Gasteiger partial charge on any atom is 0.723 e. The van der Waals surface area contributed by atoms with Crippen molar-refractivity contribution in [1.82, 2.24) is 5.32 Å². The summed E-state index contributed by atoms with van der Waals surface area (Å²) >= 11 is 0. The van der Waals surface area contributed by atoms with Crippen LogP contribution in [0.4, 0.5) is 0 Å². The molecule has 0 aromatic rings. The Kier molecular flexibility index (Phi) is 7.39. The van der Waals surface area contributed by atoms with E-state index in [0.717, 1.165) is 20.8 Å². The first kappa shape index (κ1) is 18.5. The van der Waals surface area contributed by atoms with Crippen molar-refractivity contribution in [1.29, 1.82) is 0 Å². The van der Waals surface area contributed by atoms with Crippen LogP contribution in [0, 0.1) is 0 Å². The van der Waals surface area contributed by atoms with Gasteiger partial charge in [-0.1, -0.05) is 6.92 Å². The molecule has 0 aliphatic heterocycles. The van der Waals surface area contributed by atoms with Crippen LogP contribution in [0.5, 0.6) is 0 Å². The molecule has 0 aliphatic rings. The van der Waals surface area contributed by atoms with E-state index in [1.165, 1.54) is 0 Å². The van der Waals surface area contributed by atoms with Crippen molar-refractivity contribution in [2.75, 3.05) is 0 Å². The quantitative estimate of drug-likeness (QED) is 0.491. The minimum absolute atomic E-state index is 0.390. The topological polar surface area (TPSA) is 117 Å². The van der Waals surface area contributed by atoms with E-state index in [9.17, 15) is 14.4 Å². The SMILES string of the molecule is CCC(NC(C)N)[Si](OC(C)=O)(OC(C)=O)OC(C)=O. The summed E-state index contributed by atoms with van der Waals surface area (Å²) in [7, 11) is -3.92. The molecule has 0 radical (unpaired) electrons. The molecular weight excluding hydrogens is 284 g/mol. The van der Waals surface area contributed by atoms with Crippen LogP contribution >= 0.6 is 0 Å². The third-order valence-corrected chi connectivity index (χ3v) is 5.30. The molecule has 20 heavy (non-hydrogen) atoms. The van der Waals surface area contributed by atoms with Gasteiger partial charge in [0.05, 0.1) is 6.17 Å². The van der Waals surface area contributed by atoms with Crippen molar-refractivity contribution in [2.45, 2.75) is 52.9 Å². The van der Waals surface area contributed by atoms with E-state index < -0.39 is 38.5 Å². The predicted molar refractivity (Wildman–Crippen MR) is 71.9 cm³/mol. The molecule has 0 fully saturated rings. The van der Waals surface area contributed by atoms with Gasteiger partial charge in [0.25, 0.3) is 17.9 Å². The van der Waals surface area contributed by atoms with Crippen molar-refractivity contribution < 1.29 is 27.7 Å². The molecule has 8 nitrogen and oxygen atoms in total. The average molecular weight is 306 g/mol. The van der Waals surface area contributed by atoms with E-state index in [-0.39, 0.29) is 0 Å². The summed E-state index contributed by atoms with van der Waals surface area (Å²) in [6, 6.07) is 0. The van der Waals surface area contributed by atoms with E-state index in [2.05, 4.69) is 5.32 Å². The van der Waals surface area contributed by atoms with Crippen molar-refractivity contribution in [3.8, 4) is 0 Å². The molecular formula is C11H22N2O6Si. The lowest BCUT2D eigenvalue weighted by Gasteiger charge is -2.33. The Morgan fingerprint density at radius 1 is 1.05 bits per heavy atom. The number of carbonyl (C=O) groups is 3. The highest BCUT2D eigenvalue weighted by Gasteiger charge is 2.59. The zero-order valence-corrected chi connectivity index (χ0v) is 13.4. The summed E-state index contributed by atoms with van der Waals surface area (Å²) < 4.78 is 15.3. The Hall–Kier alpha value is -1.45. The molecule has 0 saturated carbocycles. The fourth-order valence-electron chi connectivity index (χ4n) is 1.66. The second-order valence-electron chi connectivity index (χ2n) is 4.30. The van der Waals surface area contributed by atoms with Crippen LogP contribution < -0.4 is 11.1 Å². The van der Waals surface area contributed by atoms with E-state index >= 15 is 0 Å². The third-order valence-electron chi connectivity index (χ3n) is 2.16. The summed E-state index contributed by atoms with van der Waals surface area (Å²) in [4.78, 5) is 33.9. The van der Waals surface area contributed by atoms with Crippen LogP contribution in [-0.2, 0) is 27.7 Å². The molecule has 2 atom stereocenters. The number of hydrogen-bond donors (Lipinski definition) is 2. The van der Waals surface area contributed by atoms with Crippen molar-refractivity contribution in [3.63, 3.8) is 0 Å². The van der Waals surface area contributed by atoms with Crippen LogP contribution in [0.15, 0.2) is 0 Å². The largest absolute Gasteiger partial charge is 0.723 e. The summed E-state index contributed by atoms with van der Waals surface area (Å²) in [5.74, 6) is -2.11. The van der Waals surface area contributed by atoms with Crippen molar-refractivity contribution in [2.24, 2.45) is 5.73 Å². The highest BCUT2D eigenvalue weighted by atomic mass is 28.4. The standard InChI is InChI=1S/C11H22N2O6Si/c1-6-11(13-7(2)12)20(17-8(3)14,18-9(4)15)19-10(5)16/h7,11,13H,6,12H2,1-5H3. The smallest absolute Gasteiger partial charge is 0.454 e. The van der Waals surface area contributed by atoms with E-state index in [4.69, 9.17) is 19.0 Å². The molecule has 0 aliphatic carbocycles. The minimum atomic E-state index is -3.92. The molecule has 3 N–H and O–H groups in total. The summed E-state index contributed by atoms with van der Waals surface area (Å²) in [5.41, 5.74) is 4.98. The van der Waals surface area contributed by atoms with Crippen LogP contribution in [0.2, 0.25) is 0 Å². The van der Waals surface area contributed by atoms with Crippen molar-refractivity contribution >= 4 is 26.7 Å². The first-order chi connectivity index (χ1) is 9.12. The Morgan fingerprint density at radius 3 is 1.60 bits per heavy atom. The van der Waals surface area contributed by atoms with Gasteiger partial charge >= 0.3 is 8.80 Å². The van der Waals surface area contributed by atoms with Gasteiger partial charge in [-0.15, -0.1) is 0 Å². The molecule has 0 heterocycles. The maximum atomic E-state index is 11.3. The second kappa shape index (κ2) is 7.97. The van der Waals surface area contributed by atoms with Crippen molar-refractivity contribution in [3.05, 3.63) is 0 Å². The Morgan fingerprint density at radius 2 is 1.40 bits per heavy atom. The van der Waals surface area contributed by atoms with Crippen LogP contribution in [0.25, 0.3) is 0 Å². The minimum Gasteiger partial charge on any atom is -0.454 e. The summed E-state index contributed by atoms with van der Waals surface area (Å²) in [6.07, 6.45) is -0.0739. The van der Waals surface area contributed by atoms with Crippen LogP contribution in [0.1, 0.15) is 41.0 Å². The number of hydrogen-bond acceptors (Lipinski definition) is 8. The molecule has 9 heteroatoms. The summed E-state index contributed by atoms with van der Waals surface area (Å²) in [6.45, 7) is 6.86. The summed E-state index contributed by atoms with van der Waals surface area (Å²) in [5, 5.41) is 2.89. The molecule has 0 spiro atoms. The third kappa shape index (κ3) is 6.13. The highest BCUT2D eigenvalue weighted by Crippen LogP contribution is 2.19. The predicted octanol–water partition coefficient (Wildman–Crippen LogP) is -0.173. The van der Waals surface area contributed by atoms with Gasteiger partial charge in [-0.05, 0) is 13.3 Å². The molecule has 0 saturated heterocycles. The second-order valence-corrected chi connectivity index (χ2v) is 6.82. The van der Waals surface area contributed by atoms with Crippen LogP contribution in [-0.4, -0.2) is 38.5 Å². The number of nitrogens with two attached hydrogens (primary N) is 1. The number of carbonyl (C=O) groups excluding carboxylic acids is 3. The fraction of sp³-hybridized carbons (Fsp3) is 0.727. The van der Waals surface area contributed by atoms with Gasteiger partial charge in [0, 0.05) is 20.8 Å². The fourth-order valence-corrected chi connectivity index (χ4v) is 4.38. The molecule has 0 rings (SSSR count). The van der Waals surface area contributed by atoms with Gasteiger partial charge in [0.2, 0.25) is 0 Å². The molecule has 2 unspecified atom stereocenters. The zero-order chi connectivity index (χ0) is 15.9. The lowest BCUT2D eigenvalue weighted by atomic mass is 10.4. The Labute approximate surface area is 119 Å². The molecule has 0 bridgehead atoms. The first-order valence-corrected chi connectivity index (χ1v) is 8.03. The number of rotatable bonds is 7. The number of nitrogens with one attached hydrogen (secondary N) is 1. The Bertz CT molecular complexity index is 333. The Balaban J connectivity index is 5.56. The van der Waals surface area contributed by atoms with Gasteiger partial charge in [-0.25, -0.2) is 0 Å². The van der Waals surface area contributed by atoms with E-state index in [0.29, 0.717) is 6.42 Å².